The second-order valence-corrected chi connectivity index (χ2v) is 5.60. The van der Waals surface area contributed by atoms with E-state index in [0.29, 0.717) is 12.2 Å². The van der Waals surface area contributed by atoms with Gasteiger partial charge in [0, 0.05) is 31.9 Å². The average Bonchev–Trinajstić information content (AvgIpc) is 3.05. The quantitative estimate of drug-likeness (QED) is 0.747. The van der Waals surface area contributed by atoms with Crippen molar-refractivity contribution in [2.75, 3.05) is 20.7 Å². The Morgan fingerprint density at radius 2 is 2.11 bits per heavy atom. The first-order chi connectivity index (χ1) is 9.06. The molecule has 19 heavy (non-hydrogen) atoms. The van der Waals surface area contributed by atoms with Crippen LogP contribution in [0.1, 0.15) is 41.9 Å². The summed E-state index contributed by atoms with van der Waals surface area (Å²) in [6.07, 6.45) is 4.38. The van der Waals surface area contributed by atoms with Crippen LogP contribution in [0.2, 0.25) is 0 Å². The van der Waals surface area contributed by atoms with Gasteiger partial charge in [0.15, 0.2) is 0 Å². The summed E-state index contributed by atoms with van der Waals surface area (Å²) in [5.74, 6) is -0.0241. The fourth-order valence-corrected chi connectivity index (χ4v) is 2.63. The minimum absolute atomic E-state index is 0.0241. The number of carbonyl (C=O) groups is 1. The lowest BCUT2D eigenvalue weighted by molar-refractivity contribution is 0.0822. The predicted octanol–water partition coefficient (Wildman–Crippen LogP) is 1.11. The standard InChI is InChI=1S/C14H23N3O2/c1-17(2)13(19)12-6-5-11(16-12)9-15-14(10-18)7-3-4-8-14/h5-6,15-16,18H,3-4,7-10H2,1-2H3. The molecule has 0 aromatic carbocycles. The van der Waals surface area contributed by atoms with Gasteiger partial charge in [0.25, 0.3) is 5.91 Å². The van der Waals surface area contributed by atoms with Crippen molar-refractivity contribution in [1.82, 2.24) is 15.2 Å². The number of aliphatic hydroxyl groups is 1. The normalized spacial score (nSPS) is 17.6. The van der Waals surface area contributed by atoms with E-state index in [4.69, 9.17) is 0 Å². The van der Waals surface area contributed by atoms with Gasteiger partial charge in [-0.2, -0.15) is 0 Å². The van der Waals surface area contributed by atoms with Gasteiger partial charge in [0.1, 0.15) is 5.69 Å². The van der Waals surface area contributed by atoms with Crippen LogP contribution in [0.3, 0.4) is 0 Å². The summed E-state index contributed by atoms with van der Waals surface area (Å²) < 4.78 is 0. The van der Waals surface area contributed by atoms with E-state index in [-0.39, 0.29) is 18.1 Å². The van der Waals surface area contributed by atoms with Crippen molar-refractivity contribution < 1.29 is 9.90 Å². The molecule has 0 unspecified atom stereocenters. The van der Waals surface area contributed by atoms with Gasteiger partial charge in [-0.25, -0.2) is 0 Å². The minimum atomic E-state index is -0.128. The predicted molar refractivity (Wildman–Crippen MR) is 73.9 cm³/mol. The molecule has 1 aliphatic rings. The summed E-state index contributed by atoms with van der Waals surface area (Å²) in [5.41, 5.74) is 1.45. The molecule has 1 heterocycles. The number of nitrogens with zero attached hydrogens (tertiary/aromatic N) is 1. The van der Waals surface area contributed by atoms with Crippen LogP contribution in [0, 0.1) is 0 Å². The zero-order valence-corrected chi connectivity index (χ0v) is 11.7. The molecule has 1 saturated carbocycles. The lowest BCUT2D eigenvalue weighted by atomic mass is 9.99. The Labute approximate surface area is 114 Å². The van der Waals surface area contributed by atoms with Gasteiger partial charge in [-0.05, 0) is 25.0 Å². The highest BCUT2D eigenvalue weighted by atomic mass is 16.3. The van der Waals surface area contributed by atoms with E-state index in [2.05, 4.69) is 10.3 Å². The number of aromatic amines is 1. The van der Waals surface area contributed by atoms with Gasteiger partial charge < -0.3 is 20.3 Å². The molecule has 1 aliphatic carbocycles. The maximum atomic E-state index is 11.8. The molecule has 1 aromatic heterocycles. The highest BCUT2D eigenvalue weighted by Crippen LogP contribution is 2.29. The largest absolute Gasteiger partial charge is 0.394 e. The molecule has 1 aromatic rings. The van der Waals surface area contributed by atoms with Crippen molar-refractivity contribution in [3.63, 3.8) is 0 Å². The SMILES string of the molecule is CN(C)C(=O)c1ccc(CNC2(CO)CCCC2)[nH]1. The maximum absolute atomic E-state index is 11.8. The van der Waals surface area contributed by atoms with Crippen LogP contribution in [0.5, 0.6) is 0 Å². The molecule has 0 spiro atoms. The van der Waals surface area contributed by atoms with Gasteiger partial charge in [0.2, 0.25) is 0 Å². The summed E-state index contributed by atoms with van der Waals surface area (Å²) in [7, 11) is 3.47. The van der Waals surface area contributed by atoms with Crippen LogP contribution in [-0.4, -0.2) is 47.1 Å². The van der Waals surface area contributed by atoms with Crippen molar-refractivity contribution in [3.8, 4) is 0 Å². The molecule has 0 aliphatic heterocycles. The Balaban J connectivity index is 1.95. The first kappa shape index (κ1) is 14.1. The molecule has 1 fully saturated rings. The topological polar surface area (TPSA) is 68.4 Å². The Morgan fingerprint density at radius 3 is 2.68 bits per heavy atom. The number of H-pyrrole nitrogens is 1. The van der Waals surface area contributed by atoms with Crippen LogP contribution in [0.15, 0.2) is 12.1 Å². The third-order valence-corrected chi connectivity index (χ3v) is 3.90. The van der Waals surface area contributed by atoms with E-state index in [1.165, 1.54) is 12.8 Å². The Hall–Kier alpha value is -1.33. The maximum Gasteiger partial charge on any atom is 0.269 e. The van der Waals surface area contributed by atoms with Gasteiger partial charge in [-0.1, -0.05) is 12.8 Å². The van der Waals surface area contributed by atoms with Crippen LogP contribution in [0.4, 0.5) is 0 Å². The molecule has 0 bridgehead atoms. The molecule has 2 rings (SSSR count). The van der Waals surface area contributed by atoms with Crippen molar-refractivity contribution in [1.29, 1.82) is 0 Å². The number of aliphatic hydroxyl groups excluding tert-OH is 1. The number of rotatable bonds is 5. The first-order valence-corrected chi connectivity index (χ1v) is 6.82. The molecule has 5 nitrogen and oxygen atoms in total. The Kier molecular flexibility index (Phi) is 4.27. The van der Waals surface area contributed by atoms with Gasteiger partial charge in [-0.3, -0.25) is 4.79 Å². The molecule has 106 valence electrons. The molecule has 5 heteroatoms. The monoisotopic (exact) mass is 265 g/mol. The summed E-state index contributed by atoms with van der Waals surface area (Å²) in [6.45, 7) is 0.832. The molecule has 0 saturated heterocycles. The van der Waals surface area contributed by atoms with Crippen molar-refractivity contribution >= 4 is 5.91 Å². The molecular formula is C14H23N3O2. The zero-order chi connectivity index (χ0) is 13.9. The van der Waals surface area contributed by atoms with Crippen LogP contribution >= 0.6 is 0 Å². The van der Waals surface area contributed by atoms with Gasteiger partial charge >= 0.3 is 0 Å². The number of amides is 1. The van der Waals surface area contributed by atoms with E-state index in [1.54, 1.807) is 25.1 Å². The van der Waals surface area contributed by atoms with Crippen LogP contribution < -0.4 is 5.32 Å². The summed E-state index contributed by atoms with van der Waals surface area (Å²) >= 11 is 0. The highest BCUT2D eigenvalue weighted by molar-refractivity contribution is 5.92. The van der Waals surface area contributed by atoms with E-state index >= 15 is 0 Å². The molecule has 3 N–H and O–H groups in total. The summed E-state index contributed by atoms with van der Waals surface area (Å²) in [5, 5.41) is 13.0. The zero-order valence-electron chi connectivity index (χ0n) is 11.7. The van der Waals surface area contributed by atoms with E-state index in [1.807, 2.05) is 6.07 Å². The molecule has 0 radical (unpaired) electrons. The van der Waals surface area contributed by atoms with Crippen molar-refractivity contribution in [2.45, 2.75) is 37.8 Å². The van der Waals surface area contributed by atoms with E-state index in [0.717, 1.165) is 18.5 Å². The number of hydrogen-bond donors (Lipinski definition) is 3. The number of hydrogen-bond acceptors (Lipinski definition) is 3. The Morgan fingerprint density at radius 1 is 1.42 bits per heavy atom. The number of carbonyl (C=O) groups excluding carboxylic acids is 1. The second-order valence-electron chi connectivity index (χ2n) is 5.60. The van der Waals surface area contributed by atoms with Gasteiger partial charge in [-0.15, -0.1) is 0 Å². The third-order valence-electron chi connectivity index (χ3n) is 3.90. The second kappa shape index (κ2) is 5.75. The number of nitrogens with one attached hydrogen (secondary N) is 2. The third kappa shape index (κ3) is 3.16. The molecule has 0 atom stereocenters. The molecular weight excluding hydrogens is 242 g/mol. The summed E-state index contributed by atoms with van der Waals surface area (Å²) in [4.78, 5) is 16.4. The fourth-order valence-electron chi connectivity index (χ4n) is 2.63. The minimum Gasteiger partial charge on any atom is -0.394 e. The fraction of sp³-hybridized carbons (Fsp3) is 0.643. The van der Waals surface area contributed by atoms with Gasteiger partial charge in [0.05, 0.1) is 6.61 Å². The highest BCUT2D eigenvalue weighted by Gasteiger charge is 2.32. The van der Waals surface area contributed by atoms with E-state index in [9.17, 15) is 9.90 Å². The van der Waals surface area contributed by atoms with Crippen LogP contribution in [-0.2, 0) is 6.54 Å². The Bertz CT molecular complexity index is 434. The summed E-state index contributed by atoms with van der Waals surface area (Å²) in [6, 6.07) is 3.73. The lowest BCUT2D eigenvalue weighted by Gasteiger charge is -2.27. The van der Waals surface area contributed by atoms with Crippen molar-refractivity contribution in [2.24, 2.45) is 0 Å². The average molecular weight is 265 g/mol. The van der Waals surface area contributed by atoms with E-state index < -0.39 is 0 Å². The molecule has 1 amide bonds. The first-order valence-electron chi connectivity index (χ1n) is 6.82. The lowest BCUT2D eigenvalue weighted by Crippen LogP contribution is -2.45. The smallest absolute Gasteiger partial charge is 0.269 e. The number of aromatic nitrogens is 1. The van der Waals surface area contributed by atoms with Crippen molar-refractivity contribution in [3.05, 3.63) is 23.5 Å². The van der Waals surface area contributed by atoms with Crippen LogP contribution in [0.25, 0.3) is 0 Å².